The number of nitrogen functional groups attached to an aromatic ring is 1. The average molecular weight is 609 g/mol. The number of aromatic nitrogens is 2. The van der Waals surface area contributed by atoms with Crippen LogP contribution in [-0.2, 0) is 4.79 Å². The summed E-state index contributed by atoms with van der Waals surface area (Å²) in [5.74, 6) is -0.986. The molecule has 1 spiro atoms. The Labute approximate surface area is 210 Å². The number of ether oxygens (including phenoxy) is 1. The molecule has 2 fully saturated rings. The van der Waals surface area contributed by atoms with Crippen molar-refractivity contribution in [2.45, 2.75) is 37.6 Å². The SMILES string of the molecule is Nc1nc(OC(c2c(Br)cccc2Br)C(F)(F)F)cc(N2CCC3(CC2)CN[C@H](C(=O)O)C3)n1. The van der Waals surface area contributed by atoms with Crippen molar-refractivity contribution in [2.75, 3.05) is 30.3 Å². The second-order valence-electron chi connectivity index (χ2n) is 8.56. The molecule has 2 aliphatic rings. The number of aliphatic carboxylic acids is 1. The van der Waals surface area contributed by atoms with E-state index in [4.69, 9.17) is 10.5 Å². The Morgan fingerprint density at radius 1 is 1.26 bits per heavy atom. The number of nitrogens with zero attached hydrogens (tertiary/aromatic N) is 3. The summed E-state index contributed by atoms with van der Waals surface area (Å²) in [4.78, 5) is 21.3. The number of piperidine rings is 1. The molecule has 0 amide bonds. The minimum Gasteiger partial charge on any atom is -0.480 e. The van der Waals surface area contributed by atoms with Crippen molar-refractivity contribution in [1.82, 2.24) is 15.3 Å². The molecule has 4 N–H and O–H groups in total. The van der Waals surface area contributed by atoms with Crippen molar-refractivity contribution in [3.8, 4) is 5.88 Å². The predicted octanol–water partition coefficient (Wildman–Crippen LogP) is 4.30. The third-order valence-electron chi connectivity index (χ3n) is 6.31. The number of benzene rings is 1. The average Bonchev–Trinajstić information content (AvgIpc) is 3.16. The molecule has 1 aromatic carbocycles. The molecule has 2 aliphatic heterocycles. The molecule has 1 unspecified atom stereocenters. The van der Waals surface area contributed by atoms with Crippen molar-refractivity contribution >= 4 is 49.6 Å². The van der Waals surface area contributed by atoms with Crippen LogP contribution in [0.5, 0.6) is 5.88 Å². The topological polar surface area (TPSA) is 114 Å². The maximum Gasteiger partial charge on any atom is 0.429 e. The molecule has 184 valence electrons. The van der Waals surface area contributed by atoms with E-state index in [1.807, 2.05) is 4.90 Å². The molecule has 4 rings (SSSR count). The van der Waals surface area contributed by atoms with Gasteiger partial charge in [0.15, 0.2) is 0 Å². The lowest BCUT2D eigenvalue weighted by molar-refractivity contribution is -0.199. The lowest BCUT2D eigenvalue weighted by Crippen LogP contribution is -2.41. The van der Waals surface area contributed by atoms with Gasteiger partial charge in [0.2, 0.25) is 17.9 Å². The van der Waals surface area contributed by atoms with E-state index in [0.29, 0.717) is 31.9 Å². The summed E-state index contributed by atoms with van der Waals surface area (Å²) in [5, 5.41) is 12.3. The van der Waals surface area contributed by atoms with Gasteiger partial charge in [-0.1, -0.05) is 37.9 Å². The van der Waals surface area contributed by atoms with E-state index in [1.54, 1.807) is 6.07 Å². The monoisotopic (exact) mass is 607 g/mol. The zero-order valence-corrected chi connectivity index (χ0v) is 21.0. The predicted molar refractivity (Wildman–Crippen MR) is 126 cm³/mol. The largest absolute Gasteiger partial charge is 0.480 e. The Kier molecular flexibility index (Phi) is 6.98. The second-order valence-corrected chi connectivity index (χ2v) is 10.3. The van der Waals surface area contributed by atoms with Gasteiger partial charge in [0.1, 0.15) is 11.9 Å². The minimum atomic E-state index is -4.72. The van der Waals surface area contributed by atoms with E-state index in [9.17, 15) is 23.1 Å². The molecular formula is C21H22Br2F3N5O3. The van der Waals surface area contributed by atoms with Gasteiger partial charge in [-0.2, -0.15) is 23.1 Å². The second kappa shape index (κ2) is 9.50. The number of hydrogen-bond acceptors (Lipinski definition) is 7. The highest BCUT2D eigenvalue weighted by Crippen LogP contribution is 2.44. The Morgan fingerprint density at radius 2 is 1.91 bits per heavy atom. The van der Waals surface area contributed by atoms with Gasteiger partial charge in [0.25, 0.3) is 0 Å². The summed E-state index contributed by atoms with van der Waals surface area (Å²) in [5.41, 5.74) is 5.58. The molecule has 2 saturated heterocycles. The summed E-state index contributed by atoms with van der Waals surface area (Å²) in [6, 6.07) is 5.40. The number of carbonyl (C=O) groups is 1. The van der Waals surface area contributed by atoms with Gasteiger partial charge in [0, 0.05) is 40.2 Å². The Bertz CT molecular complexity index is 1060. The fraction of sp³-hybridized carbons (Fsp3) is 0.476. The van der Waals surface area contributed by atoms with E-state index in [1.165, 1.54) is 18.2 Å². The fourth-order valence-corrected chi connectivity index (χ4v) is 5.92. The first-order chi connectivity index (χ1) is 16.0. The first-order valence-corrected chi connectivity index (χ1v) is 12.1. The fourth-order valence-electron chi connectivity index (χ4n) is 4.51. The van der Waals surface area contributed by atoms with Gasteiger partial charge >= 0.3 is 12.1 Å². The lowest BCUT2D eigenvalue weighted by Gasteiger charge is -2.39. The van der Waals surface area contributed by atoms with Gasteiger partial charge < -0.3 is 25.8 Å². The molecule has 0 saturated carbocycles. The van der Waals surface area contributed by atoms with Crippen LogP contribution in [0.15, 0.2) is 33.2 Å². The molecule has 1 aromatic heterocycles. The summed E-state index contributed by atoms with van der Waals surface area (Å²) in [6.07, 6.45) is -5.02. The molecule has 13 heteroatoms. The summed E-state index contributed by atoms with van der Waals surface area (Å²) < 4.78 is 47.7. The summed E-state index contributed by atoms with van der Waals surface area (Å²) >= 11 is 6.34. The third kappa shape index (κ3) is 5.25. The molecule has 8 nitrogen and oxygen atoms in total. The Hall–Kier alpha value is -2.12. The van der Waals surface area contributed by atoms with Crippen LogP contribution in [0.4, 0.5) is 24.9 Å². The van der Waals surface area contributed by atoms with Crippen LogP contribution in [0, 0.1) is 5.41 Å². The van der Waals surface area contributed by atoms with Crippen LogP contribution in [0.3, 0.4) is 0 Å². The number of alkyl halides is 3. The number of rotatable bonds is 5. The number of hydrogen-bond donors (Lipinski definition) is 3. The van der Waals surface area contributed by atoms with E-state index in [0.717, 1.165) is 12.8 Å². The number of halogens is 5. The zero-order valence-electron chi connectivity index (χ0n) is 17.8. The van der Waals surface area contributed by atoms with Crippen molar-refractivity contribution in [2.24, 2.45) is 5.41 Å². The molecule has 2 atom stereocenters. The van der Waals surface area contributed by atoms with Crippen LogP contribution >= 0.6 is 31.9 Å². The first kappa shape index (κ1) is 25.0. The van der Waals surface area contributed by atoms with Crippen LogP contribution < -0.4 is 20.7 Å². The number of nitrogens with two attached hydrogens (primary N) is 1. The number of carboxylic acid groups (broad SMARTS) is 1. The number of anilines is 2. The van der Waals surface area contributed by atoms with Crippen molar-refractivity contribution in [3.63, 3.8) is 0 Å². The van der Waals surface area contributed by atoms with Gasteiger partial charge in [-0.15, -0.1) is 0 Å². The van der Waals surface area contributed by atoms with Crippen LogP contribution in [0.1, 0.15) is 30.9 Å². The minimum absolute atomic E-state index is 0.115. The van der Waals surface area contributed by atoms with Gasteiger partial charge in [0.05, 0.1) is 0 Å². The van der Waals surface area contributed by atoms with Crippen LogP contribution in [0.2, 0.25) is 0 Å². The molecule has 2 aromatic rings. The van der Waals surface area contributed by atoms with Gasteiger partial charge in [-0.05, 0) is 36.8 Å². The molecule has 0 bridgehead atoms. The molecule has 0 aliphatic carbocycles. The molecule has 34 heavy (non-hydrogen) atoms. The Balaban J connectivity index is 1.54. The van der Waals surface area contributed by atoms with Crippen LogP contribution in [0.25, 0.3) is 0 Å². The highest BCUT2D eigenvalue weighted by Gasteiger charge is 2.46. The molecular weight excluding hydrogens is 587 g/mol. The quantitative estimate of drug-likeness (QED) is 0.461. The van der Waals surface area contributed by atoms with E-state index < -0.39 is 24.3 Å². The van der Waals surface area contributed by atoms with Gasteiger partial charge in [-0.25, -0.2) is 0 Å². The normalized spacial score (nSPS) is 21.0. The first-order valence-electron chi connectivity index (χ1n) is 10.5. The third-order valence-corrected chi connectivity index (χ3v) is 7.69. The summed E-state index contributed by atoms with van der Waals surface area (Å²) in [6.45, 7) is 1.73. The maximum absolute atomic E-state index is 14.0. The highest BCUT2D eigenvalue weighted by molar-refractivity contribution is 9.11. The number of carboxylic acids is 1. The van der Waals surface area contributed by atoms with Crippen LogP contribution in [-0.4, -0.2) is 52.9 Å². The number of nitrogens with one attached hydrogen (secondary N) is 1. The van der Waals surface area contributed by atoms with Gasteiger partial charge in [-0.3, -0.25) is 4.79 Å². The Morgan fingerprint density at radius 3 is 2.47 bits per heavy atom. The zero-order chi connectivity index (χ0) is 24.7. The lowest BCUT2D eigenvalue weighted by atomic mass is 9.76. The molecule has 0 radical (unpaired) electrons. The van der Waals surface area contributed by atoms with E-state index in [-0.39, 0.29) is 31.8 Å². The standard InChI is InChI=1S/C21H22Br2F3N5O3/c22-11-2-1-3-12(23)16(11)17(21(24,25)26)34-15-8-14(29-19(27)30-15)31-6-4-20(5-7-31)9-13(18(32)33)28-10-20/h1-3,8,13,17,28H,4-7,9-10H2,(H,32,33)(H2,27,29,30)/t13-,17?/m0/s1. The highest BCUT2D eigenvalue weighted by atomic mass is 79.9. The van der Waals surface area contributed by atoms with E-state index in [2.05, 4.69) is 47.1 Å². The maximum atomic E-state index is 14.0. The van der Waals surface area contributed by atoms with E-state index >= 15 is 0 Å². The van der Waals surface area contributed by atoms with Crippen molar-refractivity contribution in [1.29, 1.82) is 0 Å². The summed E-state index contributed by atoms with van der Waals surface area (Å²) in [7, 11) is 0. The van der Waals surface area contributed by atoms with Crippen molar-refractivity contribution < 1.29 is 27.8 Å². The van der Waals surface area contributed by atoms with Crippen molar-refractivity contribution in [3.05, 3.63) is 38.8 Å². The molecule has 3 heterocycles. The smallest absolute Gasteiger partial charge is 0.429 e.